The summed E-state index contributed by atoms with van der Waals surface area (Å²) >= 11 is 0. The fourth-order valence-electron chi connectivity index (χ4n) is 4.11. The van der Waals surface area contributed by atoms with E-state index in [2.05, 4.69) is 37.9 Å². The van der Waals surface area contributed by atoms with E-state index in [0.717, 1.165) is 66.8 Å². The monoisotopic (exact) mass is 390 g/mol. The molecular formula is C20H22N8O. The summed E-state index contributed by atoms with van der Waals surface area (Å²) in [7, 11) is 0. The standard InChI is InChI=1S/C20H22N8O/c1-13-14(2)24-20-22-12-23-28(20)19(13)27-6-4-26(5-7-27)18-15(10-21)9-16-11-29-8-3-17(16)25-18/h9,12H,3-8,11H2,1-2H3. The number of nitriles is 1. The van der Waals surface area contributed by atoms with E-state index in [1.807, 2.05) is 17.5 Å². The predicted octanol–water partition coefficient (Wildman–Crippen LogP) is 1.41. The van der Waals surface area contributed by atoms with Gasteiger partial charge in [0.25, 0.3) is 5.78 Å². The van der Waals surface area contributed by atoms with E-state index >= 15 is 0 Å². The van der Waals surface area contributed by atoms with Gasteiger partial charge in [0.2, 0.25) is 0 Å². The molecule has 9 nitrogen and oxygen atoms in total. The third-order valence-electron chi connectivity index (χ3n) is 5.79. The molecule has 2 aliphatic heterocycles. The first-order valence-electron chi connectivity index (χ1n) is 9.83. The van der Waals surface area contributed by atoms with Gasteiger partial charge in [-0.3, -0.25) is 0 Å². The van der Waals surface area contributed by atoms with Gasteiger partial charge in [0.15, 0.2) is 0 Å². The molecule has 5 rings (SSSR count). The molecule has 0 saturated carbocycles. The molecule has 0 aliphatic carbocycles. The lowest BCUT2D eigenvalue weighted by atomic mass is 10.1. The van der Waals surface area contributed by atoms with E-state index in [1.54, 1.807) is 6.33 Å². The van der Waals surface area contributed by atoms with Crippen LogP contribution in [0.5, 0.6) is 0 Å². The van der Waals surface area contributed by atoms with Crippen LogP contribution in [-0.2, 0) is 17.8 Å². The minimum absolute atomic E-state index is 0.541. The molecule has 0 radical (unpaired) electrons. The van der Waals surface area contributed by atoms with Crippen LogP contribution in [0.1, 0.15) is 28.1 Å². The summed E-state index contributed by atoms with van der Waals surface area (Å²) < 4.78 is 7.32. The summed E-state index contributed by atoms with van der Waals surface area (Å²) in [6.45, 7) is 8.50. The molecule has 148 valence electrons. The van der Waals surface area contributed by atoms with E-state index in [0.29, 0.717) is 24.6 Å². The van der Waals surface area contributed by atoms with Gasteiger partial charge in [-0.15, -0.1) is 0 Å². The number of hydrogen-bond donors (Lipinski definition) is 0. The Morgan fingerprint density at radius 2 is 1.90 bits per heavy atom. The lowest BCUT2D eigenvalue weighted by molar-refractivity contribution is 0.109. The molecule has 1 fully saturated rings. The molecule has 29 heavy (non-hydrogen) atoms. The summed E-state index contributed by atoms with van der Waals surface area (Å²) in [5, 5.41) is 14.0. The van der Waals surface area contributed by atoms with Gasteiger partial charge in [-0.25, -0.2) is 9.97 Å². The summed E-state index contributed by atoms with van der Waals surface area (Å²) in [5.74, 6) is 2.46. The second-order valence-electron chi connectivity index (χ2n) is 7.47. The number of rotatable bonds is 2. The van der Waals surface area contributed by atoms with Crippen molar-refractivity contribution in [3.05, 3.63) is 40.5 Å². The van der Waals surface area contributed by atoms with Crippen molar-refractivity contribution in [2.24, 2.45) is 0 Å². The Balaban J connectivity index is 1.43. The van der Waals surface area contributed by atoms with Crippen LogP contribution < -0.4 is 9.80 Å². The van der Waals surface area contributed by atoms with Gasteiger partial charge in [-0.05, 0) is 19.9 Å². The quantitative estimate of drug-likeness (QED) is 0.648. The van der Waals surface area contributed by atoms with Gasteiger partial charge in [-0.1, -0.05) is 0 Å². The number of aryl methyl sites for hydroxylation is 1. The van der Waals surface area contributed by atoms with E-state index in [-0.39, 0.29) is 0 Å². The SMILES string of the molecule is Cc1nc2ncnn2c(N2CCN(c3nc4c(cc3C#N)COCC4)CC2)c1C. The first kappa shape index (κ1) is 17.8. The number of anilines is 2. The minimum atomic E-state index is 0.541. The van der Waals surface area contributed by atoms with Crippen molar-refractivity contribution in [3.63, 3.8) is 0 Å². The summed E-state index contributed by atoms with van der Waals surface area (Å²) in [6.07, 6.45) is 2.34. The fraction of sp³-hybridized carbons (Fsp3) is 0.450. The normalized spacial score (nSPS) is 16.7. The maximum Gasteiger partial charge on any atom is 0.254 e. The van der Waals surface area contributed by atoms with Crippen molar-refractivity contribution in [1.29, 1.82) is 5.26 Å². The van der Waals surface area contributed by atoms with Crippen molar-refractivity contribution in [3.8, 4) is 6.07 Å². The highest BCUT2D eigenvalue weighted by molar-refractivity contribution is 5.59. The molecule has 2 aliphatic rings. The average Bonchev–Trinajstić information content (AvgIpc) is 3.21. The van der Waals surface area contributed by atoms with Crippen LogP contribution in [0.25, 0.3) is 5.78 Å². The highest BCUT2D eigenvalue weighted by Crippen LogP contribution is 2.28. The number of nitrogens with zero attached hydrogens (tertiary/aromatic N) is 8. The van der Waals surface area contributed by atoms with Gasteiger partial charge in [0.05, 0.1) is 24.5 Å². The molecule has 9 heteroatoms. The summed E-state index contributed by atoms with van der Waals surface area (Å²) in [5.41, 5.74) is 4.79. The smallest absolute Gasteiger partial charge is 0.254 e. The number of fused-ring (bicyclic) bond motifs is 2. The maximum absolute atomic E-state index is 9.65. The fourth-order valence-corrected chi connectivity index (χ4v) is 4.11. The summed E-state index contributed by atoms with van der Waals surface area (Å²) in [6, 6.07) is 4.26. The lowest BCUT2D eigenvalue weighted by Gasteiger charge is -2.37. The third kappa shape index (κ3) is 2.96. The van der Waals surface area contributed by atoms with Crippen molar-refractivity contribution < 1.29 is 4.74 Å². The highest BCUT2D eigenvalue weighted by Gasteiger charge is 2.26. The molecule has 1 saturated heterocycles. The molecular weight excluding hydrogens is 368 g/mol. The zero-order valence-corrected chi connectivity index (χ0v) is 16.6. The number of hydrogen-bond acceptors (Lipinski definition) is 8. The second kappa shape index (κ2) is 6.97. The zero-order chi connectivity index (χ0) is 20.0. The van der Waals surface area contributed by atoms with E-state index in [9.17, 15) is 5.26 Å². The average molecular weight is 390 g/mol. The number of aromatic nitrogens is 5. The first-order chi connectivity index (χ1) is 14.2. The van der Waals surface area contributed by atoms with Gasteiger partial charge >= 0.3 is 0 Å². The van der Waals surface area contributed by atoms with Crippen LogP contribution in [0.3, 0.4) is 0 Å². The van der Waals surface area contributed by atoms with Crippen LogP contribution in [0, 0.1) is 25.2 Å². The Hall–Kier alpha value is -3.25. The van der Waals surface area contributed by atoms with Crippen LogP contribution in [0.4, 0.5) is 11.6 Å². The molecule has 0 bridgehead atoms. The molecule has 5 heterocycles. The van der Waals surface area contributed by atoms with Crippen LogP contribution in [0.2, 0.25) is 0 Å². The lowest BCUT2D eigenvalue weighted by Crippen LogP contribution is -2.48. The van der Waals surface area contributed by atoms with E-state index in [4.69, 9.17) is 9.72 Å². The molecule has 3 aromatic heterocycles. The molecule has 0 N–H and O–H groups in total. The van der Waals surface area contributed by atoms with E-state index < -0.39 is 0 Å². The molecule has 0 atom stereocenters. The molecule has 0 unspecified atom stereocenters. The molecule has 0 aromatic carbocycles. The van der Waals surface area contributed by atoms with Crippen LogP contribution in [-0.4, -0.2) is 57.4 Å². The molecule has 3 aromatic rings. The Morgan fingerprint density at radius 3 is 2.69 bits per heavy atom. The van der Waals surface area contributed by atoms with Crippen LogP contribution >= 0.6 is 0 Å². The molecule has 0 spiro atoms. The summed E-state index contributed by atoms with van der Waals surface area (Å²) in [4.78, 5) is 18.1. The van der Waals surface area contributed by atoms with Crippen molar-refractivity contribution in [2.45, 2.75) is 26.9 Å². The van der Waals surface area contributed by atoms with Gasteiger partial charge in [-0.2, -0.15) is 19.9 Å². The molecule has 0 amide bonds. The van der Waals surface area contributed by atoms with Crippen molar-refractivity contribution >= 4 is 17.4 Å². The van der Waals surface area contributed by atoms with Crippen molar-refractivity contribution in [1.82, 2.24) is 24.6 Å². The topological polar surface area (TPSA) is 95.5 Å². The predicted molar refractivity (Wildman–Crippen MR) is 107 cm³/mol. The van der Waals surface area contributed by atoms with Gasteiger partial charge < -0.3 is 14.5 Å². The van der Waals surface area contributed by atoms with Crippen LogP contribution in [0.15, 0.2) is 12.4 Å². The minimum Gasteiger partial charge on any atom is -0.376 e. The Morgan fingerprint density at radius 1 is 1.10 bits per heavy atom. The maximum atomic E-state index is 9.65. The first-order valence-corrected chi connectivity index (χ1v) is 9.83. The third-order valence-corrected chi connectivity index (χ3v) is 5.79. The number of pyridine rings is 1. The van der Waals surface area contributed by atoms with Gasteiger partial charge in [0.1, 0.15) is 24.0 Å². The van der Waals surface area contributed by atoms with Crippen molar-refractivity contribution in [2.75, 3.05) is 42.6 Å². The Bertz CT molecular complexity index is 1120. The van der Waals surface area contributed by atoms with E-state index in [1.165, 1.54) is 0 Å². The number of ether oxygens (including phenoxy) is 1. The van der Waals surface area contributed by atoms with Gasteiger partial charge in [0, 0.05) is 49.4 Å². The second-order valence-corrected chi connectivity index (χ2v) is 7.47. The highest BCUT2D eigenvalue weighted by atomic mass is 16.5. The Labute approximate surface area is 168 Å². The largest absolute Gasteiger partial charge is 0.376 e. The number of piperazine rings is 1. The zero-order valence-electron chi connectivity index (χ0n) is 16.6. The Kier molecular flexibility index (Phi) is 4.28.